The van der Waals surface area contributed by atoms with Crippen LogP contribution in [-0.4, -0.2) is 5.11 Å². The third-order valence-corrected chi connectivity index (χ3v) is 1.97. The van der Waals surface area contributed by atoms with E-state index < -0.39 is 29.2 Å². The van der Waals surface area contributed by atoms with Crippen molar-refractivity contribution in [2.24, 2.45) is 5.92 Å². The van der Waals surface area contributed by atoms with Gasteiger partial charge in [0.1, 0.15) is 17.7 Å². The molecule has 0 radical (unpaired) electrons. The van der Waals surface area contributed by atoms with Gasteiger partial charge in [-0.25, -0.2) is 8.78 Å². The fourth-order valence-electron chi connectivity index (χ4n) is 1.11. The van der Waals surface area contributed by atoms with Crippen LogP contribution < -0.4 is 0 Å². The second kappa shape index (κ2) is 4.16. The van der Waals surface area contributed by atoms with Gasteiger partial charge in [0.25, 0.3) is 0 Å². The minimum Gasteiger partial charge on any atom is -0.387 e. The van der Waals surface area contributed by atoms with Crippen molar-refractivity contribution >= 4 is 0 Å². The predicted molar refractivity (Wildman–Crippen MR) is 46.1 cm³/mol. The maximum atomic E-state index is 13.1. The topological polar surface area (TPSA) is 44.0 Å². The minimum absolute atomic E-state index is 0.443. The van der Waals surface area contributed by atoms with E-state index in [1.807, 2.05) is 0 Å². The molecule has 0 aliphatic heterocycles. The normalized spacial score (nSPS) is 14.5. The van der Waals surface area contributed by atoms with Crippen molar-refractivity contribution in [1.29, 1.82) is 5.26 Å². The molecule has 0 aliphatic rings. The summed E-state index contributed by atoms with van der Waals surface area (Å²) in [4.78, 5) is 0. The van der Waals surface area contributed by atoms with Crippen LogP contribution in [0.2, 0.25) is 0 Å². The molecule has 4 heteroatoms. The fourth-order valence-corrected chi connectivity index (χ4v) is 1.11. The molecule has 0 fully saturated rings. The first-order chi connectivity index (χ1) is 6.57. The first-order valence-electron chi connectivity index (χ1n) is 4.09. The van der Waals surface area contributed by atoms with E-state index >= 15 is 0 Å². The van der Waals surface area contributed by atoms with Gasteiger partial charge in [-0.2, -0.15) is 5.26 Å². The van der Waals surface area contributed by atoms with E-state index in [-0.39, 0.29) is 0 Å². The average Bonchev–Trinajstić information content (AvgIpc) is 2.16. The van der Waals surface area contributed by atoms with Crippen LogP contribution in [0.15, 0.2) is 18.2 Å². The molecule has 2 atom stereocenters. The summed E-state index contributed by atoms with van der Waals surface area (Å²) >= 11 is 0. The van der Waals surface area contributed by atoms with Crippen LogP contribution in [0.25, 0.3) is 0 Å². The summed E-state index contributed by atoms with van der Waals surface area (Å²) < 4.78 is 26.2. The quantitative estimate of drug-likeness (QED) is 0.789. The Bertz CT molecular complexity index is 353. The van der Waals surface area contributed by atoms with Crippen molar-refractivity contribution in [1.82, 2.24) is 0 Å². The first kappa shape index (κ1) is 10.6. The zero-order valence-corrected chi connectivity index (χ0v) is 7.54. The third-order valence-electron chi connectivity index (χ3n) is 1.97. The van der Waals surface area contributed by atoms with Gasteiger partial charge < -0.3 is 5.11 Å². The highest BCUT2D eigenvalue weighted by molar-refractivity contribution is 5.23. The Kier molecular flexibility index (Phi) is 3.15. The van der Waals surface area contributed by atoms with E-state index in [1.165, 1.54) is 13.0 Å². The Balaban J connectivity index is 3.13. The van der Waals surface area contributed by atoms with E-state index in [1.54, 1.807) is 6.07 Å². The molecule has 0 heterocycles. The van der Waals surface area contributed by atoms with Crippen LogP contribution in [0, 0.1) is 28.9 Å². The minimum atomic E-state index is -1.43. The van der Waals surface area contributed by atoms with Gasteiger partial charge in [0.2, 0.25) is 0 Å². The van der Waals surface area contributed by atoms with Gasteiger partial charge in [0, 0.05) is 0 Å². The second-order valence-corrected chi connectivity index (χ2v) is 3.00. The summed E-state index contributed by atoms with van der Waals surface area (Å²) in [7, 11) is 0. The fraction of sp³-hybridized carbons (Fsp3) is 0.300. The summed E-state index contributed by atoms with van der Waals surface area (Å²) in [5.74, 6) is -2.51. The Morgan fingerprint density at radius 2 is 1.86 bits per heavy atom. The zero-order valence-electron chi connectivity index (χ0n) is 7.54. The van der Waals surface area contributed by atoms with Crippen LogP contribution >= 0.6 is 0 Å². The molecule has 0 saturated heterocycles. The van der Waals surface area contributed by atoms with Crippen molar-refractivity contribution in [3.8, 4) is 6.07 Å². The van der Waals surface area contributed by atoms with E-state index in [9.17, 15) is 13.9 Å². The average molecular weight is 197 g/mol. The predicted octanol–water partition coefficient (Wildman–Crippen LogP) is 2.16. The van der Waals surface area contributed by atoms with E-state index in [0.717, 1.165) is 12.1 Å². The number of halogens is 2. The monoisotopic (exact) mass is 197 g/mol. The molecule has 0 aromatic heterocycles. The molecule has 14 heavy (non-hydrogen) atoms. The number of rotatable bonds is 2. The van der Waals surface area contributed by atoms with Gasteiger partial charge >= 0.3 is 0 Å². The Morgan fingerprint density at radius 3 is 2.29 bits per heavy atom. The molecule has 0 saturated carbocycles. The molecule has 1 aromatic carbocycles. The van der Waals surface area contributed by atoms with Gasteiger partial charge in [-0.05, 0) is 19.1 Å². The van der Waals surface area contributed by atoms with E-state index in [4.69, 9.17) is 5.26 Å². The number of hydrogen-bond acceptors (Lipinski definition) is 2. The van der Waals surface area contributed by atoms with Gasteiger partial charge in [0.15, 0.2) is 0 Å². The molecule has 2 nitrogen and oxygen atoms in total. The SMILES string of the molecule is CC(C#N)C(O)c1c(F)cccc1F. The number of nitriles is 1. The number of aliphatic hydroxyl groups excluding tert-OH is 1. The number of aliphatic hydroxyl groups is 1. The molecule has 0 amide bonds. The van der Waals surface area contributed by atoms with Crippen molar-refractivity contribution < 1.29 is 13.9 Å². The maximum absolute atomic E-state index is 13.1. The Labute approximate surface area is 80.4 Å². The molecule has 2 unspecified atom stereocenters. The van der Waals surface area contributed by atoms with Gasteiger partial charge in [0.05, 0.1) is 17.6 Å². The lowest BCUT2D eigenvalue weighted by Crippen LogP contribution is -2.11. The molecular weight excluding hydrogens is 188 g/mol. The highest BCUT2D eigenvalue weighted by Crippen LogP contribution is 2.26. The molecule has 74 valence electrons. The summed E-state index contributed by atoms with van der Waals surface area (Å²) in [6.45, 7) is 1.40. The largest absolute Gasteiger partial charge is 0.387 e. The van der Waals surface area contributed by atoms with Crippen molar-refractivity contribution in [3.05, 3.63) is 35.4 Å². The lowest BCUT2D eigenvalue weighted by molar-refractivity contribution is 0.134. The van der Waals surface area contributed by atoms with E-state index in [0.29, 0.717) is 0 Å². The van der Waals surface area contributed by atoms with Crippen LogP contribution in [0.5, 0.6) is 0 Å². The molecular formula is C10H9F2NO. The summed E-state index contributed by atoms with van der Waals surface area (Å²) in [5, 5.41) is 17.9. The zero-order chi connectivity index (χ0) is 10.7. The van der Waals surface area contributed by atoms with Crippen molar-refractivity contribution in [2.45, 2.75) is 13.0 Å². The molecule has 1 N–H and O–H groups in total. The number of nitrogens with zero attached hydrogens (tertiary/aromatic N) is 1. The first-order valence-corrected chi connectivity index (χ1v) is 4.09. The van der Waals surface area contributed by atoms with Gasteiger partial charge in [-0.1, -0.05) is 6.07 Å². The molecule has 0 spiro atoms. The van der Waals surface area contributed by atoms with Crippen LogP contribution in [0.4, 0.5) is 8.78 Å². The summed E-state index contributed by atoms with van der Waals surface area (Å²) in [5.41, 5.74) is -0.443. The summed E-state index contributed by atoms with van der Waals surface area (Å²) in [6, 6.07) is 5.04. The smallest absolute Gasteiger partial charge is 0.131 e. The second-order valence-electron chi connectivity index (χ2n) is 3.00. The van der Waals surface area contributed by atoms with Crippen molar-refractivity contribution in [2.75, 3.05) is 0 Å². The lowest BCUT2D eigenvalue weighted by atomic mass is 9.98. The Hall–Kier alpha value is -1.47. The Morgan fingerprint density at radius 1 is 1.36 bits per heavy atom. The molecule has 1 rings (SSSR count). The third kappa shape index (κ3) is 1.88. The standard InChI is InChI=1S/C10H9F2NO/c1-6(5-13)10(14)9-7(11)3-2-4-8(9)12/h2-4,6,10,14H,1H3. The highest BCUT2D eigenvalue weighted by atomic mass is 19.1. The highest BCUT2D eigenvalue weighted by Gasteiger charge is 2.22. The van der Waals surface area contributed by atoms with Crippen LogP contribution in [0.1, 0.15) is 18.6 Å². The van der Waals surface area contributed by atoms with Gasteiger partial charge in [-0.15, -0.1) is 0 Å². The maximum Gasteiger partial charge on any atom is 0.131 e. The lowest BCUT2D eigenvalue weighted by Gasteiger charge is -2.14. The van der Waals surface area contributed by atoms with Crippen LogP contribution in [0.3, 0.4) is 0 Å². The van der Waals surface area contributed by atoms with Crippen molar-refractivity contribution in [3.63, 3.8) is 0 Å². The number of benzene rings is 1. The molecule has 0 aliphatic carbocycles. The van der Waals surface area contributed by atoms with Crippen LogP contribution in [-0.2, 0) is 0 Å². The summed E-state index contributed by atoms with van der Waals surface area (Å²) in [6.07, 6.45) is -1.43. The van der Waals surface area contributed by atoms with Gasteiger partial charge in [-0.3, -0.25) is 0 Å². The molecule has 1 aromatic rings. The molecule has 0 bridgehead atoms. The van der Waals surface area contributed by atoms with E-state index in [2.05, 4.69) is 0 Å². The number of hydrogen-bond donors (Lipinski definition) is 1.